The summed E-state index contributed by atoms with van der Waals surface area (Å²) >= 11 is 0. The minimum Gasteiger partial charge on any atom is -0.418 e. The van der Waals surface area contributed by atoms with Crippen LogP contribution < -0.4 is 15.9 Å². The Labute approximate surface area is 286 Å². The predicted molar refractivity (Wildman–Crippen MR) is 191 cm³/mol. The van der Waals surface area contributed by atoms with Crippen molar-refractivity contribution in [3.63, 3.8) is 0 Å². The van der Waals surface area contributed by atoms with Gasteiger partial charge in [-0.3, -0.25) is 0 Å². The first-order valence-corrected chi connectivity index (χ1v) is 17.2. The summed E-state index contributed by atoms with van der Waals surface area (Å²) in [5.41, 5.74) is 4.13. The van der Waals surface area contributed by atoms with Crippen LogP contribution in [0, 0.1) is 0 Å². The van der Waals surface area contributed by atoms with Crippen LogP contribution in [0.3, 0.4) is 0 Å². The van der Waals surface area contributed by atoms with Crippen LogP contribution in [0.15, 0.2) is 138 Å². The van der Waals surface area contributed by atoms with E-state index in [0.717, 1.165) is 19.0 Å². The Bertz CT molecular complexity index is 1310. The Morgan fingerprint density at radius 2 is 0.860 bits per heavy atom. The quantitative estimate of drug-likeness (QED) is 0.0651. The van der Waals surface area contributed by atoms with Gasteiger partial charge in [-0.2, -0.15) is 0 Å². The van der Waals surface area contributed by atoms with Crippen LogP contribution in [0.2, 0.25) is 0 Å². The molecule has 0 amide bonds. The molecule has 0 aliphatic carbocycles. The van der Waals surface area contributed by atoms with Crippen LogP contribution >= 0.6 is 7.26 Å². The molecule has 0 saturated carbocycles. The molecular formula is C33H41B3F12OP-3. The van der Waals surface area contributed by atoms with Crippen molar-refractivity contribution in [2.75, 3.05) is 6.16 Å². The first-order valence-electron chi connectivity index (χ1n) is 14.9. The van der Waals surface area contributed by atoms with Crippen LogP contribution in [0.25, 0.3) is 0 Å². The average Bonchev–Trinajstić information content (AvgIpc) is 2.96. The molecule has 0 aliphatic heterocycles. The second kappa shape index (κ2) is 23.7. The summed E-state index contributed by atoms with van der Waals surface area (Å²) in [6, 6.07) is 33.4. The molecule has 1 nitrogen and oxygen atoms in total. The summed E-state index contributed by atoms with van der Waals surface area (Å²) in [6.07, 6.45) is 14.7. The van der Waals surface area contributed by atoms with Gasteiger partial charge in [0.25, 0.3) is 0 Å². The number of hydrogen-bond acceptors (Lipinski definition) is 0. The maximum absolute atomic E-state index is 9.75. The summed E-state index contributed by atoms with van der Waals surface area (Å²) in [5, 5.41) is 4.36. The normalized spacial score (nSPS) is 12.6. The van der Waals surface area contributed by atoms with Crippen LogP contribution in [-0.2, 0) is 0 Å². The van der Waals surface area contributed by atoms with Gasteiger partial charge < -0.3 is 57.3 Å². The van der Waals surface area contributed by atoms with Gasteiger partial charge in [0, 0.05) is 0 Å². The topological polar surface area (TPSA) is 31.5 Å². The summed E-state index contributed by atoms with van der Waals surface area (Å²) in [6.45, 7) is 8.77. The van der Waals surface area contributed by atoms with Gasteiger partial charge in [-0.25, -0.2) is 0 Å². The molecule has 0 heterocycles. The molecule has 3 rings (SSSR count). The Hall–Kier alpha value is -3.64. The molecule has 0 aliphatic rings. The fraction of sp³-hybridized carbons (Fsp3) is 0.212. The minimum absolute atomic E-state index is 0. The molecule has 0 bridgehead atoms. The molecule has 50 heavy (non-hydrogen) atoms. The zero-order valence-corrected chi connectivity index (χ0v) is 28.9. The number of benzene rings is 3. The van der Waals surface area contributed by atoms with Gasteiger partial charge in [-0.1, -0.05) is 0 Å². The Balaban J connectivity index is 0. The zero-order valence-electron chi connectivity index (χ0n) is 27.9. The van der Waals surface area contributed by atoms with Gasteiger partial charge in [-0.05, 0) is 0 Å². The second-order valence-electron chi connectivity index (χ2n) is 10.8. The Kier molecular flexibility index (Phi) is 23.0. The van der Waals surface area contributed by atoms with Gasteiger partial charge in [0.2, 0.25) is 0 Å². The zero-order chi connectivity index (χ0) is 37.7. The summed E-state index contributed by atoms with van der Waals surface area (Å²) in [7, 11) is -20.2. The third-order valence-electron chi connectivity index (χ3n) is 6.36. The van der Waals surface area contributed by atoms with Crippen molar-refractivity contribution in [3.8, 4) is 0 Å². The molecule has 0 radical (unpaired) electrons. The number of halogens is 12. The van der Waals surface area contributed by atoms with E-state index in [9.17, 15) is 51.8 Å². The van der Waals surface area contributed by atoms with E-state index >= 15 is 0 Å². The number of hydrogen-bond donors (Lipinski definition) is 0. The van der Waals surface area contributed by atoms with Crippen molar-refractivity contribution in [1.29, 1.82) is 0 Å². The molecule has 3 aromatic carbocycles. The molecule has 17 heteroatoms. The van der Waals surface area contributed by atoms with Crippen LogP contribution in [-0.4, -0.2) is 33.4 Å². The van der Waals surface area contributed by atoms with Crippen molar-refractivity contribution in [1.82, 2.24) is 0 Å². The third kappa shape index (κ3) is 26.3. The minimum atomic E-state index is -6.00. The molecule has 0 unspecified atom stereocenters. The standard InChI is InChI=1S/C33H39P.3BF4.H2O/c1-28(2)16-14-17-29(3)18-15-19-30(4)26-27-34(31-20-8-5-9-21-31,32-22-10-6-11-23-32)33-24-12-7-13-25-33;3*2-1(3,4)5;/h5-13,15-16,18-26,34H,14,17,27H2,1-4H3;;;;1H2/q;3*-1;. The summed E-state index contributed by atoms with van der Waals surface area (Å²) in [5.74, 6) is 0. The van der Waals surface area contributed by atoms with Crippen molar-refractivity contribution < 1.29 is 57.3 Å². The van der Waals surface area contributed by atoms with Gasteiger partial charge in [-0.15, -0.1) is 0 Å². The van der Waals surface area contributed by atoms with E-state index in [2.05, 4.69) is 149 Å². The fourth-order valence-electron chi connectivity index (χ4n) is 4.44. The SMILES string of the molecule is CC(C)=CCCC(C)=CC=CC(C)=CC[PH](c1ccccc1)(c1ccccc1)c1ccccc1.F[B-](F)(F)F.F[B-](F)(F)F.F[B-](F)(F)F.O. The number of allylic oxidation sites excluding steroid dienone is 8. The molecule has 0 spiro atoms. The van der Waals surface area contributed by atoms with E-state index in [1.165, 1.54) is 32.6 Å². The van der Waals surface area contributed by atoms with Crippen molar-refractivity contribution in [2.24, 2.45) is 0 Å². The van der Waals surface area contributed by atoms with E-state index in [1.54, 1.807) is 0 Å². The summed E-state index contributed by atoms with van der Waals surface area (Å²) < 4.78 is 117. The average molecular weight is 745 g/mol. The molecular weight excluding hydrogens is 704 g/mol. The molecule has 0 atom stereocenters. The Morgan fingerprint density at radius 1 is 0.540 bits per heavy atom. The first kappa shape index (κ1) is 48.5. The van der Waals surface area contributed by atoms with Crippen LogP contribution in [0.5, 0.6) is 0 Å². The maximum Gasteiger partial charge on any atom is 0.673 e. The molecule has 3 aromatic rings. The van der Waals surface area contributed by atoms with E-state index in [4.69, 9.17) is 0 Å². The molecule has 0 saturated heterocycles. The van der Waals surface area contributed by atoms with E-state index in [-0.39, 0.29) is 5.48 Å². The number of rotatable bonds is 10. The van der Waals surface area contributed by atoms with Crippen molar-refractivity contribution >= 4 is 44.9 Å². The van der Waals surface area contributed by atoms with Gasteiger partial charge in [0.1, 0.15) is 0 Å². The van der Waals surface area contributed by atoms with Crippen LogP contribution in [0.1, 0.15) is 40.5 Å². The molecule has 0 fully saturated rings. The maximum atomic E-state index is 9.75. The fourth-order valence-corrected chi connectivity index (χ4v) is 9.06. The Morgan fingerprint density at radius 3 is 1.16 bits per heavy atom. The van der Waals surface area contributed by atoms with Crippen LogP contribution in [0.4, 0.5) is 51.8 Å². The third-order valence-corrected chi connectivity index (χ3v) is 11.1. The van der Waals surface area contributed by atoms with Crippen molar-refractivity contribution in [2.45, 2.75) is 40.5 Å². The monoisotopic (exact) mass is 745 g/mol. The van der Waals surface area contributed by atoms with E-state index in [1.807, 2.05) is 0 Å². The smallest absolute Gasteiger partial charge is 0.418 e. The molecule has 0 aromatic heterocycles. The summed E-state index contributed by atoms with van der Waals surface area (Å²) in [4.78, 5) is 0. The van der Waals surface area contributed by atoms with Gasteiger partial charge in [0.05, 0.1) is 0 Å². The first-order chi connectivity index (χ1) is 22.5. The van der Waals surface area contributed by atoms with E-state index in [0.29, 0.717) is 0 Å². The van der Waals surface area contributed by atoms with Gasteiger partial charge in [0.15, 0.2) is 0 Å². The van der Waals surface area contributed by atoms with Crippen molar-refractivity contribution in [3.05, 3.63) is 138 Å². The van der Waals surface area contributed by atoms with E-state index < -0.39 is 29.0 Å². The predicted octanol–water partition coefficient (Wildman–Crippen LogP) is 11.0. The molecule has 2 N–H and O–H groups in total. The van der Waals surface area contributed by atoms with Gasteiger partial charge >= 0.3 is 230 Å². The second-order valence-corrected chi connectivity index (χ2v) is 14.8. The molecule has 280 valence electrons. The largest absolute Gasteiger partial charge is 0.673 e.